The lowest BCUT2D eigenvalue weighted by atomic mass is 9.96. The number of piperidine rings is 1. The van der Waals surface area contributed by atoms with Crippen LogP contribution in [0, 0.1) is 17.8 Å². The minimum Gasteiger partial charge on any atom is -0.497 e. The molecule has 8 nitrogen and oxygen atoms in total. The number of methoxy groups -OCH3 is 2. The van der Waals surface area contributed by atoms with Gasteiger partial charge in [-0.1, -0.05) is 18.2 Å². The van der Waals surface area contributed by atoms with Crippen LogP contribution < -0.4 is 14.2 Å². The molecule has 0 bridgehead atoms. The molecule has 1 aliphatic heterocycles. The van der Waals surface area contributed by atoms with E-state index in [0.717, 1.165) is 68.4 Å². The van der Waals surface area contributed by atoms with Crippen molar-refractivity contribution in [1.29, 1.82) is 0 Å². The number of aromatic nitrogens is 1. The number of hydrogen-bond donors (Lipinski definition) is 0. The molecule has 0 spiro atoms. The van der Waals surface area contributed by atoms with Gasteiger partial charge in [-0.25, -0.2) is 0 Å². The Kier molecular flexibility index (Phi) is 8.14. The molecule has 5 rings (SSSR count). The zero-order chi connectivity index (χ0) is 25.6. The SMILES string of the molecule is COC(=O)C1CCC(CN2CCC(COc3noc4cccc(OCc5ccc(OC)cc5)c34)CC2)C1. The van der Waals surface area contributed by atoms with Gasteiger partial charge in [0.25, 0.3) is 5.88 Å². The number of esters is 1. The molecule has 198 valence electrons. The van der Waals surface area contributed by atoms with E-state index < -0.39 is 0 Å². The van der Waals surface area contributed by atoms with E-state index in [-0.39, 0.29) is 11.9 Å². The molecule has 2 heterocycles. The molecule has 2 aromatic carbocycles. The summed E-state index contributed by atoms with van der Waals surface area (Å²) < 4.78 is 28.0. The standard InChI is InChI=1S/C29H36N2O6/c1-33-24-10-7-20(8-11-24)18-35-25-4-3-5-26-27(25)28(30-37-26)36-19-21-12-14-31(15-13-21)17-22-6-9-23(16-22)29(32)34-2/h3-5,7-8,10-11,21-23H,6,9,12-19H2,1-2H3. The number of carbonyl (C=O) groups excluding carboxylic acids is 1. The minimum absolute atomic E-state index is 0.0481. The second-order valence-electron chi connectivity index (χ2n) is 10.2. The Morgan fingerprint density at radius 2 is 1.81 bits per heavy atom. The van der Waals surface area contributed by atoms with Crippen LogP contribution in [0.5, 0.6) is 17.4 Å². The van der Waals surface area contributed by atoms with Gasteiger partial charge in [-0.3, -0.25) is 4.79 Å². The Hall–Kier alpha value is -3.26. The summed E-state index contributed by atoms with van der Waals surface area (Å²) >= 11 is 0. The summed E-state index contributed by atoms with van der Waals surface area (Å²) in [5.74, 6) is 3.11. The highest BCUT2D eigenvalue weighted by Crippen LogP contribution is 2.36. The fraction of sp³-hybridized carbons (Fsp3) is 0.517. The average Bonchev–Trinajstić information content (AvgIpc) is 3.59. The molecule has 0 amide bonds. The van der Waals surface area contributed by atoms with Crippen molar-refractivity contribution in [3.8, 4) is 17.4 Å². The number of fused-ring (bicyclic) bond motifs is 1. The summed E-state index contributed by atoms with van der Waals surface area (Å²) in [4.78, 5) is 14.4. The lowest BCUT2D eigenvalue weighted by Gasteiger charge is -2.33. The minimum atomic E-state index is -0.0481. The van der Waals surface area contributed by atoms with E-state index >= 15 is 0 Å². The largest absolute Gasteiger partial charge is 0.497 e. The lowest BCUT2D eigenvalue weighted by Crippen LogP contribution is -2.38. The van der Waals surface area contributed by atoms with Crippen molar-refractivity contribution in [2.24, 2.45) is 17.8 Å². The maximum Gasteiger partial charge on any atom is 0.308 e. The average molecular weight is 509 g/mol. The van der Waals surface area contributed by atoms with Crippen molar-refractivity contribution in [2.45, 2.75) is 38.7 Å². The van der Waals surface area contributed by atoms with Gasteiger partial charge in [0.1, 0.15) is 23.5 Å². The lowest BCUT2D eigenvalue weighted by molar-refractivity contribution is -0.145. The molecule has 2 fully saturated rings. The van der Waals surface area contributed by atoms with Crippen LogP contribution in [0.2, 0.25) is 0 Å². The Morgan fingerprint density at radius 3 is 2.57 bits per heavy atom. The maximum atomic E-state index is 11.8. The van der Waals surface area contributed by atoms with Gasteiger partial charge in [-0.15, -0.1) is 0 Å². The molecule has 2 aliphatic rings. The summed E-state index contributed by atoms with van der Waals surface area (Å²) in [6.07, 6.45) is 5.20. The molecule has 37 heavy (non-hydrogen) atoms. The van der Waals surface area contributed by atoms with Crippen molar-refractivity contribution in [3.63, 3.8) is 0 Å². The van der Waals surface area contributed by atoms with E-state index in [1.165, 1.54) is 7.11 Å². The predicted octanol–water partition coefficient (Wildman–Crippen LogP) is 5.10. The fourth-order valence-electron chi connectivity index (χ4n) is 5.55. The van der Waals surface area contributed by atoms with Crippen molar-refractivity contribution in [2.75, 3.05) is 40.5 Å². The van der Waals surface area contributed by atoms with E-state index in [0.29, 0.717) is 42.3 Å². The molecule has 2 unspecified atom stereocenters. The van der Waals surface area contributed by atoms with Crippen LogP contribution in [0.3, 0.4) is 0 Å². The quantitative estimate of drug-likeness (QED) is 0.350. The Bertz CT molecular complexity index is 1170. The van der Waals surface area contributed by atoms with Crippen LogP contribution in [-0.4, -0.2) is 56.5 Å². The summed E-state index contributed by atoms with van der Waals surface area (Å²) in [5.41, 5.74) is 1.70. The van der Waals surface area contributed by atoms with Gasteiger partial charge in [0.05, 0.1) is 26.7 Å². The topological polar surface area (TPSA) is 83.3 Å². The zero-order valence-electron chi connectivity index (χ0n) is 21.7. The molecule has 0 N–H and O–H groups in total. The Balaban J connectivity index is 1.11. The molecule has 1 aliphatic carbocycles. The summed E-state index contributed by atoms with van der Waals surface area (Å²) in [7, 11) is 3.14. The van der Waals surface area contributed by atoms with Gasteiger partial charge in [-0.2, -0.15) is 0 Å². The van der Waals surface area contributed by atoms with Crippen LogP contribution in [0.15, 0.2) is 47.0 Å². The number of rotatable bonds is 10. The van der Waals surface area contributed by atoms with Gasteiger partial charge < -0.3 is 28.4 Å². The summed E-state index contributed by atoms with van der Waals surface area (Å²) in [6.45, 7) is 4.22. The van der Waals surface area contributed by atoms with Crippen molar-refractivity contribution in [3.05, 3.63) is 48.0 Å². The zero-order valence-corrected chi connectivity index (χ0v) is 21.7. The molecular weight excluding hydrogens is 472 g/mol. The van der Waals surface area contributed by atoms with Crippen LogP contribution in [-0.2, 0) is 16.1 Å². The number of benzene rings is 2. The highest BCUT2D eigenvalue weighted by Gasteiger charge is 2.32. The predicted molar refractivity (Wildman–Crippen MR) is 139 cm³/mol. The maximum absolute atomic E-state index is 11.8. The number of hydrogen-bond acceptors (Lipinski definition) is 8. The monoisotopic (exact) mass is 508 g/mol. The number of ether oxygens (including phenoxy) is 4. The van der Waals surface area contributed by atoms with E-state index in [1.807, 2.05) is 42.5 Å². The molecule has 1 saturated heterocycles. The van der Waals surface area contributed by atoms with Crippen LogP contribution in [0.25, 0.3) is 11.0 Å². The van der Waals surface area contributed by atoms with Crippen molar-refractivity contribution < 1.29 is 28.3 Å². The second-order valence-corrected chi connectivity index (χ2v) is 10.2. The van der Waals surface area contributed by atoms with E-state index in [2.05, 4.69) is 10.1 Å². The highest BCUT2D eigenvalue weighted by molar-refractivity contribution is 5.88. The van der Waals surface area contributed by atoms with Crippen LogP contribution in [0.4, 0.5) is 0 Å². The number of carbonyl (C=O) groups is 1. The third-order valence-electron chi connectivity index (χ3n) is 7.74. The normalized spacial score (nSPS) is 20.7. The second kappa shape index (κ2) is 11.9. The fourth-order valence-corrected chi connectivity index (χ4v) is 5.55. The van der Waals surface area contributed by atoms with Gasteiger partial charge in [0.2, 0.25) is 0 Å². The van der Waals surface area contributed by atoms with Crippen molar-refractivity contribution in [1.82, 2.24) is 10.1 Å². The first kappa shape index (κ1) is 25.4. The highest BCUT2D eigenvalue weighted by atomic mass is 16.5. The van der Waals surface area contributed by atoms with Gasteiger partial charge in [-0.05, 0) is 92.0 Å². The molecular formula is C29H36N2O6. The number of likely N-dealkylation sites (tertiary alicyclic amines) is 1. The van der Waals surface area contributed by atoms with E-state index in [9.17, 15) is 4.79 Å². The van der Waals surface area contributed by atoms with Crippen LogP contribution in [0.1, 0.15) is 37.7 Å². The smallest absolute Gasteiger partial charge is 0.308 e. The first-order valence-electron chi connectivity index (χ1n) is 13.2. The summed E-state index contributed by atoms with van der Waals surface area (Å²) in [6, 6.07) is 13.5. The third-order valence-corrected chi connectivity index (χ3v) is 7.74. The first-order chi connectivity index (χ1) is 18.1. The van der Waals surface area contributed by atoms with E-state index in [1.54, 1.807) is 7.11 Å². The third kappa shape index (κ3) is 6.18. The molecule has 0 radical (unpaired) electrons. The first-order valence-corrected chi connectivity index (χ1v) is 13.2. The molecule has 3 aromatic rings. The van der Waals surface area contributed by atoms with Gasteiger partial charge >= 0.3 is 5.97 Å². The Morgan fingerprint density at radius 1 is 1.00 bits per heavy atom. The van der Waals surface area contributed by atoms with Crippen LogP contribution >= 0.6 is 0 Å². The molecule has 2 atom stereocenters. The van der Waals surface area contributed by atoms with Gasteiger partial charge in [0, 0.05) is 6.54 Å². The van der Waals surface area contributed by atoms with Gasteiger partial charge in [0.15, 0.2) is 5.58 Å². The number of nitrogens with zero attached hydrogens (tertiary/aromatic N) is 2. The molecule has 1 aromatic heterocycles. The molecule has 8 heteroatoms. The summed E-state index contributed by atoms with van der Waals surface area (Å²) in [5, 5.41) is 4.96. The Labute approximate surface area is 217 Å². The molecule has 1 saturated carbocycles. The van der Waals surface area contributed by atoms with E-state index in [4.69, 9.17) is 23.5 Å². The van der Waals surface area contributed by atoms with Crippen molar-refractivity contribution >= 4 is 16.9 Å².